The fraction of sp³-hybridized carbons (Fsp3) is 0.476. The van der Waals surface area contributed by atoms with E-state index < -0.39 is 0 Å². The number of nitrogens with zero attached hydrogens (tertiary/aromatic N) is 6. The van der Waals surface area contributed by atoms with Crippen molar-refractivity contribution >= 4 is 17.4 Å². The van der Waals surface area contributed by atoms with Gasteiger partial charge in [-0.25, -0.2) is 4.98 Å². The maximum atomic E-state index is 12.9. The molecule has 0 unspecified atom stereocenters. The van der Waals surface area contributed by atoms with E-state index in [1.807, 2.05) is 35.5 Å². The van der Waals surface area contributed by atoms with Crippen LogP contribution in [0.25, 0.3) is 0 Å². The van der Waals surface area contributed by atoms with E-state index in [1.165, 1.54) is 0 Å². The Labute approximate surface area is 166 Å². The highest BCUT2D eigenvalue weighted by Crippen LogP contribution is 2.20. The lowest BCUT2D eigenvalue weighted by atomic mass is 10.2. The van der Waals surface area contributed by atoms with Crippen LogP contribution in [0.15, 0.2) is 42.9 Å². The van der Waals surface area contributed by atoms with Crippen LogP contribution >= 0.6 is 0 Å². The predicted molar refractivity (Wildman–Crippen MR) is 111 cm³/mol. The van der Waals surface area contributed by atoms with Gasteiger partial charge in [0.25, 0.3) is 5.91 Å². The average molecular weight is 380 g/mol. The number of likely N-dealkylation sites (N-methyl/N-ethyl adjacent to an activating group) is 1. The summed E-state index contributed by atoms with van der Waals surface area (Å²) < 4.78 is 0. The lowest BCUT2D eigenvalue weighted by Gasteiger charge is -2.37. The molecule has 2 aliphatic heterocycles. The summed E-state index contributed by atoms with van der Waals surface area (Å²) in [5, 5.41) is 0. The molecule has 2 saturated heterocycles. The molecule has 0 saturated carbocycles. The molecular formula is C21H28N6O. The zero-order valence-corrected chi connectivity index (χ0v) is 16.5. The number of amides is 1. The fourth-order valence-corrected chi connectivity index (χ4v) is 3.90. The molecule has 0 atom stereocenters. The van der Waals surface area contributed by atoms with Crippen molar-refractivity contribution in [3.8, 4) is 0 Å². The Morgan fingerprint density at radius 2 is 1.71 bits per heavy atom. The molecule has 0 aromatic carbocycles. The normalized spacial score (nSPS) is 18.4. The number of hydrogen-bond donors (Lipinski definition) is 0. The van der Waals surface area contributed by atoms with Crippen LogP contribution in [0, 0.1) is 0 Å². The highest BCUT2D eigenvalue weighted by atomic mass is 16.2. The summed E-state index contributed by atoms with van der Waals surface area (Å²) >= 11 is 0. The molecule has 0 spiro atoms. The van der Waals surface area contributed by atoms with Gasteiger partial charge < -0.3 is 19.6 Å². The zero-order chi connectivity index (χ0) is 19.3. The van der Waals surface area contributed by atoms with Gasteiger partial charge in [-0.15, -0.1) is 0 Å². The molecule has 28 heavy (non-hydrogen) atoms. The summed E-state index contributed by atoms with van der Waals surface area (Å²) in [7, 11) is 0. The number of pyridine rings is 2. The van der Waals surface area contributed by atoms with Crippen LogP contribution in [-0.2, 0) is 0 Å². The molecular weight excluding hydrogens is 352 g/mol. The standard InChI is InChI=1S/C21H28N6O/c1-2-24-7-9-27(10-8-24)21(28)18-15-19(17-22-16-18)25-11-13-26(14-12-25)20-5-3-4-6-23-20/h3-6,15-17H,2,7-14H2,1H3. The second-order valence-corrected chi connectivity index (χ2v) is 7.32. The summed E-state index contributed by atoms with van der Waals surface area (Å²) in [6.07, 6.45) is 5.39. The van der Waals surface area contributed by atoms with Gasteiger partial charge in [0.05, 0.1) is 17.4 Å². The van der Waals surface area contributed by atoms with Crippen molar-refractivity contribution in [3.63, 3.8) is 0 Å². The van der Waals surface area contributed by atoms with E-state index >= 15 is 0 Å². The average Bonchev–Trinajstić information content (AvgIpc) is 2.79. The minimum absolute atomic E-state index is 0.0947. The van der Waals surface area contributed by atoms with Crippen molar-refractivity contribution in [2.75, 3.05) is 68.7 Å². The van der Waals surface area contributed by atoms with Crippen LogP contribution in [0.3, 0.4) is 0 Å². The molecule has 4 rings (SSSR count). The number of rotatable bonds is 4. The molecule has 0 bridgehead atoms. The Balaban J connectivity index is 1.38. The number of aromatic nitrogens is 2. The molecule has 7 heteroatoms. The Morgan fingerprint density at radius 3 is 2.39 bits per heavy atom. The minimum Gasteiger partial charge on any atom is -0.367 e. The number of carbonyl (C=O) groups is 1. The van der Waals surface area contributed by atoms with Crippen molar-refractivity contribution in [1.29, 1.82) is 0 Å². The first-order valence-corrected chi connectivity index (χ1v) is 10.1. The molecule has 2 fully saturated rings. The van der Waals surface area contributed by atoms with Crippen LogP contribution in [0.5, 0.6) is 0 Å². The number of piperazine rings is 2. The topological polar surface area (TPSA) is 55.8 Å². The van der Waals surface area contributed by atoms with Crippen LogP contribution in [-0.4, -0.2) is 84.6 Å². The van der Waals surface area contributed by atoms with E-state index in [-0.39, 0.29) is 5.91 Å². The number of anilines is 2. The maximum Gasteiger partial charge on any atom is 0.255 e. The smallest absolute Gasteiger partial charge is 0.255 e. The molecule has 4 heterocycles. The third kappa shape index (κ3) is 4.09. The SMILES string of the molecule is CCN1CCN(C(=O)c2cncc(N3CCN(c4ccccn4)CC3)c2)CC1. The maximum absolute atomic E-state index is 12.9. The second kappa shape index (κ2) is 8.56. The quantitative estimate of drug-likeness (QED) is 0.803. The number of carbonyl (C=O) groups excluding carboxylic acids is 1. The van der Waals surface area contributed by atoms with Crippen molar-refractivity contribution in [2.45, 2.75) is 6.92 Å². The van der Waals surface area contributed by atoms with Gasteiger partial charge in [0.1, 0.15) is 5.82 Å². The van der Waals surface area contributed by atoms with Crippen LogP contribution in [0.4, 0.5) is 11.5 Å². The first-order chi connectivity index (χ1) is 13.7. The van der Waals surface area contributed by atoms with Crippen molar-refractivity contribution in [3.05, 3.63) is 48.4 Å². The van der Waals surface area contributed by atoms with E-state index in [0.29, 0.717) is 5.56 Å². The van der Waals surface area contributed by atoms with Crippen LogP contribution in [0.2, 0.25) is 0 Å². The Kier molecular flexibility index (Phi) is 5.71. The molecule has 0 aliphatic carbocycles. The molecule has 2 aromatic rings. The predicted octanol–water partition coefficient (Wildman–Crippen LogP) is 1.58. The Hall–Kier alpha value is -2.67. The lowest BCUT2D eigenvalue weighted by Crippen LogP contribution is -2.48. The molecule has 2 aliphatic rings. The van der Waals surface area contributed by atoms with E-state index in [4.69, 9.17) is 0 Å². The highest BCUT2D eigenvalue weighted by molar-refractivity contribution is 5.94. The third-order valence-corrected chi connectivity index (χ3v) is 5.70. The van der Waals surface area contributed by atoms with Gasteiger partial charge in [-0.3, -0.25) is 9.78 Å². The van der Waals surface area contributed by atoms with E-state index in [2.05, 4.69) is 37.7 Å². The van der Waals surface area contributed by atoms with Crippen molar-refractivity contribution in [1.82, 2.24) is 19.8 Å². The molecule has 2 aromatic heterocycles. The van der Waals surface area contributed by atoms with Crippen LogP contribution < -0.4 is 9.80 Å². The van der Waals surface area contributed by atoms with Gasteiger partial charge in [0, 0.05) is 64.8 Å². The second-order valence-electron chi connectivity index (χ2n) is 7.32. The molecule has 0 N–H and O–H groups in total. The molecule has 7 nitrogen and oxygen atoms in total. The van der Waals surface area contributed by atoms with Gasteiger partial charge in [-0.1, -0.05) is 13.0 Å². The van der Waals surface area contributed by atoms with Gasteiger partial charge in [0.2, 0.25) is 0 Å². The zero-order valence-electron chi connectivity index (χ0n) is 16.5. The Morgan fingerprint density at radius 1 is 0.964 bits per heavy atom. The van der Waals surface area contributed by atoms with E-state index in [0.717, 1.165) is 70.4 Å². The minimum atomic E-state index is 0.0947. The summed E-state index contributed by atoms with van der Waals surface area (Å²) in [5.41, 5.74) is 1.72. The Bertz CT molecular complexity index is 782. The molecule has 148 valence electrons. The van der Waals surface area contributed by atoms with Crippen molar-refractivity contribution < 1.29 is 4.79 Å². The highest BCUT2D eigenvalue weighted by Gasteiger charge is 2.23. The first kappa shape index (κ1) is 18.7. The first-order valence-electron chi connectivity index (χ1n) is 10.1. The van der Waals surface area contributed by atoms with Gasteiger partial charge >= 0.3 is 0 Å². The van der Waals surface area contributed by atoms with Crippen molar-refractivity contribution in [2.24, 2.45) is 0 Å². The fourth-order valence-electron chi connectivity index (χ4n) is 3.90. The summed E-state index contributed by atoms with van der Waals surface area (Å²) in [6.45, 7) is 10.3. The van der Waals surface area contributed by atoms with Crippen LogP contribution in [0.1, 0.15) is 17.3 Å². The molecule has 1 amide bonds. The summed E-state index contributed by atoms with van der Waals surface area (Å²) in [4.78, 5) is 30.6. The lowest BCUT2D eigenvalue weighted by molar-refractivity contribution is 0.0643. The molecule has 0 radical (unpaired) electrons. The largest absolute Gasteiger partial charge is 0.367 e. The van der Waals surface area contributed by atoms with Gasteiger partial charge in [0.15, 0.2) is 0 Å². The van der Waals surface area contributed by atoms with E-state index in [1.54, 1.807) is 6.20 Å². The summed E-state index contributed by atoms with van der Waals surface area (Å²) in [5.74, 6) is 1.12. The number of hydrogen-bond acceptors (Lipinski definition) is 6. The van der Waals surface area contributed by atoms with E-state index in [9.17, 15) is 4.79 Å². The summed E-state index contributed by atoms with van der Waals surface area (Å²) in [6, 6.07) is 8.01. The van der Waals surface area contributed by atoms with Gasteiger partial charge in [-0.05, 0) is 24.7 Å². The van der Waals surface area contributed by atoms with Gasteiger partial charge in [-0.2, -0.15) is 0 Å². The monoisotopic (exact) mass is 380 g/mol. The third-order valence-electron chi connectivity index (χ3n) is 5.70.